The Morgan fingerprint density at radius 2 is 1.85 bits per heavy atom. The predicted octanol–water partition coefficient (Wildman–Crippen LogP) is 3.41. The summed E-state index contributed by atoms with van der Waals surface area (Å²) in [5.74, 6) is 0.550. The molecular weight excluding hydrogens is 362 g/mol. The van der Waals surface area contributed by atoms with Gasteiger partial charge in [-0.2, -0.15) is 4.31 Å². The zero-order chi connectivity index (χ0) is 19.1. The second kappa shape index (κ2) is 6.62. The smallest absolute Gasteiger partial charge is 0.236 e. The number of ketones is 1. The Kier molecular flexibility index (Phi) is 4.40. The number of aryl methyl sites for hydroxylation is 1. The highest BCUT2D eigenvalue weighted by atomic mass is 32.2. The molecular formula is C21H21NO4S. The van der Waals surface area contributed by atoms with Gasteiger partial charge in [-0.15, -0.1) is 0 Å². The molecule has 1 atom stereocenters. The molecule has 0 unspecified atom stereocenters. The van der Waals surface area contributed by atoms with Crippen LogP contribution < -0.4 is 4.74 Å². The van der Waals surface area contributed by atoms with Gasteiger partial charge in [0.05, 0.1) is 18.5 Å². The second-order valence-electron chi connectivity index (χ2n) is 7.22. The van der Waals surface area contributed by atoms with Crippen molar-refractivity contribution in [2.45, 2.75) is 25.4 Å². The van der Waals surface area contributed by atoms with Crippen LogP contribution in [-0.2, 0) is 10.0 Å². The first-order valence-corrected chi connectivity index (χ1v) is 10.4. The molecule has 140 valence electrons. The summed E-state index contributed by atoms with van der Waals surface area (Å²) in [4.78, 5) is 12.5. The number of sulfonamides is 1. The highest BCUT2D eigenvalue weighted by Gasteiger charge is 2.48. The summed E-state index contributed by atoms with van der Waals surface area (Å²) in [5, 5.41) is 1.23. The van der Waals surface area contributed by atoms with Gasteiger partial charge in [-0.05, 0) is 30.7 Å². The lowest BCUT2D eigenvalue weighted by atomic mass is 9.89. The van der Waals surface area contributed by atoms with Crippen LogP contribution in [0.3, 0.4) is 0 Å². The molecule has 0 bridgehead atoms. The molecule has 5 nitrogen and oxygen atoms in total. The summed E-state index contributed by atoms with van der Waals surface area (Å²) in [7, 11) is -3.58. The van der Waals surface area contributed by atoms with Crippen molar-refractivity contribution in [1.82, 2.24) is 4.31 Å². The quantitative estimate of drug-likeness (QED) is 0.815. The minimum absolute atomic E-state index is 0.00583. The number of Topliss-reactive ketones (excluding diaryl/α,β-unsaturated/α-hetero) is 1. The number of rotatable bonds is 3. The van der Waals surface area contributed by atoms with Crippen molar-refractivity contribution < 1.29 is 17.9 Å². The zero-order valence-corrected chi connectivity index (χ0v) is 15.9. The third-order valence-corrected chi connectivity index (χ3v) is 6.66. The first-order chi connectivity index (χ1) is 12.9. The highest BCUT2D eigenvalue weighted by Crippen LogP contribution is 2.39. The van der Waals surface area contributed by atoms with Crippen LogP contribution in [-0.4, -0.2) is 37.2 Å². The van der Waals surface area contributed by atoms with Crippen LogP contribution in [0.4, 0.5) is 0 Å². The molecule has 0 N–H and O–H groups in total. The van der Waals surface area contributed by atoms with Crippen LogP contribution in [0.5, 0.6) is 5.75 Å². The van der Waals surface area contributed by atoms with Crippen molar-refractivity contribution in [3.05, 3.63) is 70.6 Å². The molecule has 0 amide bonds. The van der Waals surface area contributed by atoms with Crippen LogP contribution in [0.2, 0.25) is 0 Å². The lowest BCUT2D eigenvalue weighted by molar-refractivity contribution is 0.0499. The van der Waals surface area contributed by atoms with Crippen LogP contribution >= 0.6 is 0 Å². The van der Waals surface area contributed by atoms with Crippen molar-refractivity contribution in [2.24, 2.45) is 0 Å². The molecule has 1 fully saturated rings. The van der Waals surface area contributed by atoms with Crippen molar-refractivity contribution in [3.63, 3.8) is 0 Å². The van der Waals surface area contributed by atoms with E-state index >= 15 is 0 Å². The molecule has 1 saturated heterocycles. The van der Waals surface area contributed by atoms with Crippen molar-refractivity contribution in [3.8, 4) is 5.75 Å². The molecule has 0 radical (unpaired) electrons. The lowest BCUT2D eigenvalue weighted by Gasteiger charge is -2.34. The molecule has 2 aliphatic rings. The van der Waals surface area contributed by atoms with Gasteiger partial charge < -0.3 is 4.74 Å². The Labute approximate surface area is 159 Å². The number of ether oxygens (including phenoxy) is 1. The summed E-state index contributed by atoms with van der Waals surface area (Å²) < 4.78 is 33.0. The van der Waals surface area contributed by atoms with Crippen LogP contribution in [0, 0.1) is 6.92 Å². The number of hydrogen-bond donors (Lipinski definition) is 0. The second-order valence-corrected chi connectivity index (χ2v) is 9.04. The van der Waals surface area contributed by atoms with E-state index < -0.39 is 15.6 Å². The number of benzene rings is 2. The van der Waals surface area contributed by atoms with Crippen LogP contribution in [0.1, 0.15) is 34.3 Å². The highest BCUT2D eigenvalue weighted by molar-refractivity contribution is 7.92. The van der Waals surface area contributed by atoms with Gasteiger partial charge in [0.1, 0.15) is 11.4 Å². The van der Waals surface area contributed by atoms with E-state index in [4.69, 9.17) is 4.74 Å². The SMILES string of the molecule is Cc1ccc(/C=C/S(=O)(=O)N2CC[C@@]3(CC(=O)c4ccccc4O3)C2)cc1. The summed E-state index contributed by atoms with van der Waals surface area (Å²) in [6.07, 6.45) is 2.31. The van der Waals surface area contributed by atoms with Gasteiger partial charge in [-0.3, -0.25) is 4.79 Å². The van der Waals surface area contributed by atoms with Gasteiger partial charge in [0.25, 0.3) is 0 Å². The van der Waals surface area contributed by atoms with Gasteiger partial charge >= 0.3 is 0 Å². The van der Waals surface area contributed by atoms with E-state index in [0.717, 1.165) is 11.1 Å². The molecule has 0 saturated carbocycles. The molecule has 0 aromatic heterocycles. The van der Waals surface area contributed by atoms with Crippen molar-refractivity contribution in [2.75, 3.05) is 13.1 Å². The van der Waals surface area contributed by atoms with Crippen LogP contribution in [0.15, 0.2) is 53.9 Å². The summed E-state index contributed by atoms with van der Waals surface area (Å²) in [5.41, 5.74) is 1.76. The number of carbonyl (C=O) groups is 1. The van der Waals surface area contributed by atoms with E-state index in [-0.39, 0.29) is 18.7 Å². The Hall–Kier alpha value is -2.44. The minimum Gasteiger partial charge on any atom is -0.485 e. The third kappa shape index (κ3) is 3.55. The van der Waals surface area contributed by atoms with E-state index in [9.17, 15) is 13.2 Å². The van der Waals surface area contributed by atoms with E-state index in [1.54, 1.807) is 24.3 Å². The molecule has 2 aliphatic heterocycles. The number of nitrogens with zero attached hydrogens (tertiary/aromatic N) is 1. The van der Waals surface area contributed by atoms with E-state index in [2.05, 4.69) is 0 Å². The maximum Gasteiger partial charge on any atom is 0.236 e. The normalized spacial score (nSPS) is 22.9. The predicted molar refractivity (Wildman–Crippen MR) is 104 cm³/mol. The maximum absolute atomic E-state index is 12.7. The molecule has 6 heteroatoms. The summed E-state index contributed by atoms with van der Waals surface area (Å²) in [6.45, 7) is 2.52. The Balaban J connectivity index is 1.52. The van der Waals surface area contributed by atoms with Gasteiger partial charge in [0.2, 0.25) is 10.0 Å². The lowest BCUT2D eigenvalue weighted by Crippen LogP contribution is -2.45. The molecule has 1 spiro atoms. The van der Waals surface area contributed by atoms with E-state index in [1.165, 1.54) is 9.71 Å². The topological polar surface area (TPSA) is 63.7 Å². The fourth-order valence-electron chi connectivity index (χ4n) is 3.62. The number of hydrogen-bond acceptors (Lipinski definition) is 4. The summed E-state index contributed by atoms with van der Waals surface area (Å²) in [6, 6.07) is 14.8. The average Bonchev–Trinajstić information content (AvgIpc) is 3.05. The Morgan fingerprint density at radius 3 is 2.63 bits per heavy atom. The fraction of sp³-hybridized carbons (Fsp3) is 0.286. The molecule has 0 aliphatic carbocycles. The number of fused-ring (bicyclic) bond motifs is 1. The maximum atomic E-state index is 12.7. The average molecular weight is 383 g/mol. The molecule has 2 aromatic carbocycles. The van der Waals surface area contributed by atoms with Crippen LogP contribution in [0.25, 0.3) is 6.08 Å². The van der Waals surface area contributed by atoms with Gasteiger partial charge in [0.15, 0.2) is 5.78 Å². The van der Waals surface area contributed by atoms with Gasteiger partial charge in [-0.25, -0.2) is 8.42 Å². The Bertz CT molecular complexity index is 1010. The van der Waals surface area contributed by atoms with Crippen molar-refractivity contribution in [1.29, 1.82) is 0 Å². The largest absolute Gasteiger partial charge is 0.485 e. The van der Waals surface area contributed by atoms with Crippen molar-refractivity contribution >= 4 is 21.9 Å². The summed E-state index contributed by atoms with van der Waals surface area (Å²) >= 11 is 0. The monoisotopic (exact) mass is 383 g/mol. The number of carbonyl (C=O) groups excluding carboxylic acids is 1. The standard InChI is InChI=1S/C21H21NO4S/c1-16-6-8-17(9-7-16)10-13-27(24,25)22-12-11-21(15-22)14-19(23)18-4-2-3-5-20(18)26-21/h2-10,13H,11-12,14-15H2,1H3/b13-10+/t21-/m1/s1. The van der Waals surface area contributed by atoms with Gasteiger partial charge in [0, 0.05) is 18.4 Å². The third-order valence-electron chi connectivity index (χ3n) is 5.15. The molecule has 2 heterocycles. The number of para-hydroxylation sites is 1. The molecule has 27 heavy (non-hydrogen) atoms. The molecule has 2 aromatic rings. The fourth-order valence-corrected chi connectivity index (χ4v) is 4.89. The first-order valence-electron chi connectivity index (χ1n) is 8.93. The van der Waals surface area contributed by atoms with E-state index in [0.29, 0.717) is 24.3 Å². The first kappa shape index (κ1) is 17.9. The zero-order valence-electron chi connectivity index (χ0n) is 15.1. The molecule has 4 rings (SSSR count). The van der Waals surface area contributed by atoms with E-state index in [1.807, 2.05) is 37.3 Å². The Morgan fingerprint density at radius 1 is 1.11 bits per heavy atom. The minimum atomic E-state index is -3.58. The van der Waals surface area contributed by atoms with Gasteiger partial charge in [-0.1, -0.05) is 42.0 Å².